The Morgan fingerprint density at radius 3 is 1.86 bits per heavy atom. The molecule has 0 aliphatic heterocycles. The normalized spacial score (nSPS) is 10.4. The predicted molar refractivity (Wildman–Crippen MR) is 56.1 cm³/mol. The molecule has 0 unspecified atom stereocenters. The van der Waals surface area contributed by atoms with Crippen molar-refractivity contribution in [3.63, 3.8) is 0 Å². The Kier molecular flexibility index (Phi) is 8.89. The quantitative estimate of drug-likeness (QED) is 0.402. The molecule has 5 heteroatoms. The van der Waals surface area contributed by atoms with Crippen LogP contribution in [0.4, 0.5) is 0 Å². The summed E-state index contributed by atoms with van der Waals surface area (Å²) in [6, 6.07) is 0. The zero-order valence-electron chi connectivity index (χ0n) is 8.04. The molecule has 2 N–H and O–H groups in total. The van der Waals surface area contributed by atoms with E-state index in [0.29, 0.717) is 6.42 Å². The number of carboxylic acids is 2. The van der Waals surface area contributed by atoms with Crippen LogP contribution in [0.2, 0.25) is 0 Å². The second-order valence-corrected chi connectivity index (χ2v) is 3.40. The first kappa shape index (κ1) is 16.6. The standard InChI is InChI=1S/C9H16O4.Ca.2H/c1-3-4-5-6-9(2,7(10)11)8(12)13;;;/h3-6H2,1-2H3,(H,10,11)(H,12,13);;;. The SMILES string of the molecule is CCCCCC(C)(C(=O)O)C(=O)O.[CaH2]. The Hall–Kier alpha value is 0.200. The third-order valence-corrected chi connectivity index (χ3v) is 2.22. The van der Waals surface area contributed by atoms with Gasteiger partial charge in [-0.15, -0.1) is 0 Å². The van der Waals surface area contributed by atoms with Crippen LogP contribution in [0.1, 0.15) is 39.5 Å². The summed E-state index contributed by atoms with van der Waals surface area (Å²) in [5, 5.41) is 17.4. The molecule has 4 nitrogen and oxygen atoms in total. The van der Waals surface area contributed by atoms with Gasteiger partial charge in [-0.25, -0.2) is 0 Å². The van der Waals surface area contributed by atoms with E-state index in [-0.39, 0.29) is 44.2 Å². The van der Waals surface area contributed by atoms with E-state index in [9.17, 15) is 9.59 Å². The average molecular weight is 230 g/mol. The van der Waals surface area contributed by atoms with Gasteiger partial charge in [0.2, 0.25) is 0 Å². The van der Waals surface area contributed by atoms with Crippen LogP contribution < -0.4 is 0 Å². The first-order chi connectivity index (χ1) is 5.95. The van der Waals surface area contributed by atoms with Crippen molar-refractivity contribution >= 4 is 49.7 Å². The Balaban J connectivity index is 0. The zero-order valence-corrected chi connectivity index (χ0v) is 8.04. The summed E-state index contributed by atoms with van der Waals surface area (Å²) in [4.78, 5) is 21.4. The van der Waals surface area contributed by atoms with Gasteiger partial charge in [0.1, 0.15) is 0 Å². The summed E-state index contributed by atoms with van der Waals surface area (Å²) in [7, 11) is 0. The molecule has 0 heterocycles. The fourth-order valence-electron chi connectivity index (χ4n) is 1.03. The Bertz CT molecular complexity index is 189. The molecule has 0 aromatic rings. The van der Waals surface area contributed by atoms with E-state index in [4.69, 9.17) is 10.2 Å². The minimum atomic E-state index is -1.62. The van der Waals surface area contributed by atoms with Gasteiger partial charge in [0, 0.05) is 0 Å². The van der Waals surface area contributed by atoms with Crippen LogP contribution in [0, 0.1) is 5.41 Å². The third-order valence-electron chi connectivity index (χ3n) is 2.22. The summed E-state index contributed by atoms with van der Waals surface area (Å²) < 4.78 is 0. The summed E-state index contributed by atoms with van der Waals surface area (Å²) >= 11 is 0. The summed E-state index contributed by atoms with van der Waals surface area (Å²) in [5.41, 5.74) is -1.62. The third kappa shape index (κ3) is 4.62. The zero-order chi connectivity index (χ0) is 10.5. The summed E-state index contributed by atoms with van der Waals surface area (Å²) in [6.07, 6.45) is 2.67. The number of aliphatic carboxylic acids is 2. The molecule has 0 rings (SSSR count). The van der Waals surface area contributed by atoms with Crippen molar-refractivity contribution in [1.29, 1.82) is 0 Å². The monoisotopic (exact) mass is 230 g/mol. The van der Waals surface area contributed by atoms with E-state index in [1.807, 2.05) is 6.92 Å². The fraction of sp³-hybridized carbons (Fsp3) is 0.778. The van der Waals surface area contributed by atoms with Gasteiger partial charge in [0.15, 0.2) is 5.41 Å². The number of rotatable bonds is 6. The second-order valence-electron chi connectivity index (χ2n) is 3.40. The maximum atomic E-state index is 10.7. The molecular formula is C9H18CaO4. The summed E-state index contributed by atoms with van der Waals surface area (Å²) in [6.45, 7) is 3.24. The van der Waals surface area contributed by atoms with Gasteiger partial charge in [-0.2, -0.15) is 0 Å². The number of hydrogen-bond acceptors (Lipinski definition) is 2. The first-order valence-corrected chi connectivity index (χ1v) is 4.42. The molecular weight excluding hydrogens is 212 g/mol. The molecule has 0 saturated heterocycles. The van der Waals surface area contributed by atoms with Gasteiger partial charge in [-0.3, -0.25) is 9.59 Å². The molecule has 0 aromatic heterocycles. The molecule has 0 aromatic carbocycles. The van der Waals surface area contributed by atoms with Crippen LogP contribution in [-0.2, 0) is 9.59 Å². The van der Waals surface area contributed by atoms with Gasteiger partial charge in [-0.05, 0) is 13.3 Å². The molecule has 0 saturated carbocycles. The fourth-order valence-corrected chi connectivity index (χ4v) is 1.03. The van der Waals surface area contributed by atoms with E-state index >= 15 is 0 Å². The number of carboxylic acid groups (broad SMARTS) is 2. The molecule has 80 valence electrons. The summed E-state index contributed by atoms with van der Waals surface area (Å²) in [5.74, 6) is -2.51. The van der Waals surface area contributed by atoms with E-state index < -0.39 is 17.4 Å². The molecule has 14 heavy (non-hydrogen) atoms. The van der Waals surface area contributed by atoms with Crippen LogP contribution in [0.15, 0.2) is 0 Å². The molecule has 0 amide bonds. The van der Waals surface area contributed by atoms with Crippen LogP contribution in [0.5, 0.6) is 0 Å². The van der Waals surface area contributed by atoms with Crippen molar-refractivity contribution in [2.45, 2.75) is 39.5 Å². The van der Waals surface area contributed by atoms with Gasteiger partial charge in [0.05, 0.1) is 0 Å². The maximum absolute atomic E-state index is 10.7. The Labute approximate surface area is 114 Å². The Morgan fingerprint density at radius 1 is 1.14 bits per heavy atom. The van der Waals surface area contributed by atoms with Crippen LogP contribution in [-0.4, -0.2) is 59.9 Å². The van der Waals surface area contributed by atoms with E-state index in [1.54, 1.807) is 0 Å². The van der Waals surface area contributed by atoms with E-state index in [2.05, 4.69) is 0 Å². The minimum absolute atomic E-state index is 0. The molecule has 0 bridgehead atoms. The van der Waals surface area contributed by atoms with E-state index in [0.717, 1.165) is 12.8 Å². The van der Waals surface area contributed by atoms with Gasteiger partial charge < -0.3 is 10.2 Å². The average Bonchev–Trinajstić information content (AvgIpc) is 2.03. The van der Waals surface area contributed by atoms with Gasteiger partial charge in [-0.1, -0.05) is 26.2 Å². The van der Waals surface area contributed by atoms with Crippen molar-refractivity contribution in [2.24, 2.45) is 5.41 Å². The molecule has 0 aliphatic rings. The number of hydrogen-bond donors (Lipinski definition) is 2. The van der Waals surface area contributed by atoms with Crippen molar-refractivity contribution in [3.05, 3.63) is 0 Å². The molecule has 0 atom stereocenters. The number of carbonyl (C=O) groups is 2. The van der Waals surface area contributed by atoms with Crippen LogP contribution >= 0.6 is 0 Å². The van der Waals surface area contributed by atoms with Gasteiger partial charge in [0.25, 0.3) is 0 Å². The topological polar surface area (TPSA) is 74.6 Å². The van der Waals surface area contributed by atoms with Crippen molar-refractivity contribution in [2.75, 3.05) is 0 Å². The van der Waals surface area contributed by atoms with Crippen LogP contribution in [0.25, 0.3) is 0 Å². The van der Waals surface area contributed by atoms with Gasteiger partial charge >= 0.3 is 49.7 Å². The predicted octanol–water partition coefficient (Wildman–Crippen LogP) is 0.826. The molecule has 0 spiro atoms. The van der Waals surface area contributed by atoms with Crippen LogP contribution in [0.3, 0.4) is 0 Å². The first-order valence-electron chi connectivity index (χ1n) is 4.42. The molecule has 0 radical (unpaired) electrons. The Morgan fingerprint density at radius 2 is 1.57 bits per heavy atom. The van der Waals surface area contributed by atoms with Crippen molar-refractivity contribution < 1.29 is 19.8 Å². The number of unbranched alkanes of at least 4 members (excludes halogenated alkanes) is 2. The molecule has 0 aliphatic carbocycles. The molecule has 0 fully saturated rings. The second kappa shape index (κ2) is 7.49. The van der Waals surface area contributed by atoms with Crippen molar-refractivity contribution in [1.82, 2.24) is 0 Å². The van der Waals surface area contributed by atoms with Crippen molar-refractivity contribution in [3.8, 4) is 0 Å². The van der Waals surface area contributed by atoms with E-state index in [1.165, 1.54) is 6.92 Å².